The van der Waals surface area contributed by atoms with Gasteiger partial charge >= 0.3 is 18.1 Å². The van der Waals surface area contributed by atoms with Gasteiger partial charge in [0.05, 0.1) is 19.8 Å². The number of unbranched alkanes of at least 4 members (excludes halogenated alkanes) is 26. The number of carbonyl (C=O) groups is 3. The van der Waals surface area contributed by atoms with Crippen molar-refractivity contribution in [2.75, 3.05) is 26.9 Å². The molecule has 15 nitrogen and oxygen atoms in total. The van der Waals surface area contributed by atoms with Crippen LogP contribution < -0.4 is 0 Å². The third-order valence-electron chi connectivity index (χ3n) is 20.7. The van der Waals surface area contributed by atoms with E-state index in [0.717, 1.165) is 83.8 Å². The predicted molar refractivity (Wildman–Crippen MR) is 381 cm³/mol. The summed E-state index contributed by atoms with van der Waals surface area (Å²) in [6.07, 6.45) is 42.4. The Balaban J connectivity index is 0.000000486. The van der Waals surface area contributed by atoms with Crippen LogP contribution in [0.2, 0.25) is 0 Å². The Kier molecular flexibility index (Phi) is 38.5. The van der Waals surface area contributed by atoms with Crippen molar-refractivity contribution in [3.05, 3.63) is 0 Å². The van der Waals surface area contributed by atoms with Crippen molar-refractivity contribution in [1.82, 2.24) is 20.1 Å². The summed E-state index contributed by atoms with van der Waals surface area (Å²) >= 11 is 0. The molecule has 0 amide bonds. The van der Waals surface area contributed by atoms with Crippen molar-refractivity contribution in [1.29, 1.82) is 0 Å². The van der Waals surface area contributed by atoms with Crippen LogP contribution in [0.3, 0.4) is 0 Å². The quantitative estimate of drug-likeness (QED) is 0.0188. The zero-order chi connectivity index (χ0) is 69.4. The zero-order valence-corrected chi connectivity index (χ0v) is 64.5. The summed E-state index contributed by atoms with van der Waals surface area (Å²) in [5.41, 5.74) is -1.64. The molecule has 0 spiro atoms. The maximum atomic E-state index is 13.2. The molecule has 0 aromatic heterocycles. The second-order valence-corrected chi connectivity index (χ2v) is 34.1. The fourth-order valence-corrected chi connectivity index (χ4v) is 16.2. The highest BCUT2D eigenvalue weighted by Crippen LogP contribution is 2.44. The molecule has 0 atom stereocenters. The van der Waals surface area contributed by atoms with Crippen LogP contribution in [0.1, 0.15) is 388 Å². The number of ether oxygens (including phenoxy) is 4. The van der Waals surface area contributed by atoms with E-state index in [4.69, 9.17) is 38.5 Å². The number of nitrogens with zero attached hydrogens (tertiary/aromatic N) is 4. The number of hydrogen-bond donors (Lipinski definition) is 0. The molecule has 0 radical (unpaired) electrons. The van der Waals surface area contributed by atoms with E-state index in [1.54, 1.807) is 0 Å². The summed E-state index contributed by atoms with van der Waals surface area (Å²) < 4.78 is 23.9. The number of hydroxylamine groups is 6. The first-order chi connectivity index (χ1) is 43.6. The first-order valence-electron chi connectivity index (χ1n) is 38.6. The highest BCUT2D eigenvalue weighted by molar-refractivity contribution is 5.70. The number of carbonyl (C=O) groups excluding carboxylic acids is 3. The minimum atomic E-state index is -0.545. The molecule has 4 saturated heterocycles. The van der Waals surface area contributed by atoms with Crippen LogP contribution in [-0.4, -0.2) is 134 Å². The van der Waals surface area contributed by atoms with Gasteiger partial charge in [0.2, 0.25) is 0 Å². The molecule has 0 N–H and O–H groups in total. The summed E-state index contributed by atoms with van der Waals surface area (Å²) in [4.78, 5) is 65.1. The van der Waals surface area contributed by atoms with E-state index in [-0.39, 0.29) is 80.7 Å². The van der Waals surface area contributed by atoms with Gasteiger partial charge < -0.3 is 18.9 Å². The number of piperidine rings is 4. The van der Waals surface area contributed by atoms with Gasteiger partial charge in [0, 0.05) is 109 Å². The first-order valence-corrected chi connectivity index (χ1v) is 38.6. The molecular weight excluding hydrogens is 1170 g/mol. The molecule has 0 aromatic carbocycles. The zero-order valence-electron chi connectivity index (χ0n) is 64.5. The normalized spacial score (nSPS) is 21.6. The molecule has 548 valence electrons. The average molecular weight is 1320 g/mol. The summed E-state index contributed by atoms with van der Waals surface area (Å²) in [6, 6.07) is 0. The van der Waals surface area contributed by atoms with Gasteiger partial charge in [-0.3, -0.25) is 24.2 Å². The smallest absolute Gasteiger partial charge is 0.462 e. The van der Waals surface area contributed by atoms with Crippen LogP contribution in [0.15, 0.2) is 0 Å². The summed E-state index contributed by atoms with van der Waals surface area (Å²) in [7, 11) is 2.16. The van der Waals surface area contributed by atoms with Gasteiger partial charge in [0.1, 0.15) is 24.4 Å². The lowest BCUT2D eigenvalue weighted by molar-refractivity contribution is -0.477. The number of likely N-dealkylation sites (tertiary alicyclic amines) is 1. The van der Waals surface area contributed by atoms with Gasteiger partial charge in [-0.25, -0.2) is 9.68 Å². The Bertz CT molecular complexity index is 1900. The Labute approximate surface area is 572 Å². The predicted octanol–water partition coefficient (Wildman–Crippen LogP) is 21.2. The molecule has 4 rings (SSSR count). The highest BCUT2D eigenvalue weighted by Gasteiger charge is 2.52. The average Bonchev–Trinajstić information content (AvgIpc) is 0.803. The van der Waals surface area contributed by atoms with E-state index in [2.05, 4.69) is 154 Å². The van der Waals surface area contributed by atoms with Gasteiger partial charge in [-0.1, -0.05) is 181 Å². The summed E-state index contributed by atoms with van der Waals surface area (Å²) in [5, 5.41) is 6.30. The van der Waals surface area contributed by atoms with Crippen molar-refractivity contribution in [3.63, 3.8) is 0 Å². The standard InChI is InChI=1S/C41H80N2O5.C37H70N2O6/c1-11-13-15-17-19-21-23-25-27-29-45-42-38(3,4)31-35(32-39(42,5)6)47-37(44)48-36-33-40(7,8)43(41(9,10)34-36)46-30-28-26-24-22-20-18-16-14-12-2;1-11-12-13-14-19-22-25-42-45-39-36(6,7)28-31(29-37(39,8)9)44-33(41)24-21-18-16-15-17-20-23-32(40)43-30-26-34(2,3)38(10)35(4,5)27-30/h35-36H,11-34H2,1-10H3;30-31H,11-29H2,1-10H3. The van der Waals surface area contributed by atoms with Crippen LogP contribution in [0.4, 0.5) is 4.79 Å². The lowest BCUT2D eigenvalue weighted by Crippen LogP contribution is -2.62. The molecule has 4 aliphatic rings. The van der Waals surface area contributed by atoms with Crippen LogP contribution in [-0.2, 0) is 48.1 Å². The minimum Gasteiger partial charge on any atom is -0.462 e. The van der Waals surface area contributed by atoms with Crippen molar-refractivity contribution in [2.45, 2.75) is 457 Å². The Morgan fingerprint density at radius 3 is 0.839 bits per heavy atom. The van der Waals surface area contributed by atoms with E-state index >= 15 is 0 Å². The molecular formula is C78H150N4O11. The van der Waals surface area contributed by atoms with E-state index in [1.165, 1.54) is 135 Å². The minimum absolute atomic E-state index is 0.00906. The lowest BCUT2D eigenvalue weighted by Gasteiger charge is -2.54. The number of rotatable bonds is 44. The third kappa shape index (κ3) is 32.2. The number of esters is 2. The van der Waals surface area contributed by atoms with Crippen LogP contribution >= 0.6 is 0 Å². The first kappa shape index (κ1) is 85.1. The Morgan fingerprint density at radius 1 is 0.301 bits per heavy atom. The molecule has 4 aliphatic heterocycles. The van der Waals surface area contributed by atoms with E-state index in [0.29, 0.717) is 58.0 Å². The second kappa shape index (κ2) is 42.1. The molecule has 0 saturated carbocycles. The largest absolute Gasteiger partial charge is 0.508 e. The van der Waals surface area contributed by atoms with Gasteiger partial charge in [0.15, 0.2) is 0 Å². The van der Waals surface area contributed by atoms with Crippen molar-refractivity contribution in [3.8, 4) is 0 Å². The summed E-state index contributed by atoms with van der Waals surface area (Å²) in [6.45, 7) is 43.8. The lowest BCUT2D eigenvalue weighted by atomic mass is 9.79. The summed E-state index contributed by atoms with van der Waals surface area (Å²) in [5.74, 6) is -0.174. The number of hydrogen-bond acceptors (Lipinski definition) is 15. The van der Waals surface area contributed by atoms with E-state index in [9.17, 15) is 14.4 Å². The molecule has 0 unspecified atom stereocenters. The van der Waals surface area contributed by atoms with Crippen molar-refractivity contribution in [2.24, 2.45) is 0 Å². The van der Waals surface area contributed by atoms with Crippen LogP contribution in [0, 0.1) is 0 Å². The van der Waals surface area contributed by atoms with Crippen LogP contribution in [0.5, 0.6) is 0 Å². The highest BCUT2D eigenvalue weighted by atomic mass is 17.3. The molecule has 0 aliphatic carbocycles. The molecule has 0 bridgehead atoms. The Morgan fingerprint density at radius 2 is 0.538 bits per heavy atom. The van der Waals surface area contributed by atoms with Gasteiger partial charge in [-0.2, -0.15) is 10.1 Å². The molecule has 93 heavy (non-hydrogen) atoms. The molecule has 15 heteroatoms. The molecule has 4 fully saturated rings. The Hall–Kier alpha value is -2.11. The maximum Gasteiger partial charge on any atom is 0.508 e. The fraction of sp³-hybridized carbons (Fsp3) is 0.962. The van der Waals surface area contributed by atoms with Crippen LogP contribution in [0.25, 0.3) is 0 Å². The fourth-order valence-electron chi connectivity index (χ4n) is 16.2. The maximum absolute atomic E-state index is 13.2. The van der Waals surface area contributed by atoms with Crippen molar-refractivity contribution >= 4 is 18.1 Å². The monoisotopic (exact) mass is 1320 g/mol. The molecule has 0 aromatic rings. The van der Waals surface area contributed by atoms with E-state index in [1.807, 2.05) is 5.06 Å². The van der Waals surface area contributed by atoms with E-state index < -0.39 is 6.16 Å². The second-order valence-electron chi connectivity index (χ2n) is 34.1. The van der Waals surface area contributed by atoms with Gasteiger partial charge in [-0.15, -0.1) is 10.1 Å². The topological polar surface area (TPSA) is 138 Å². The van der Waals surface area contributed by atoms with Gasteiger partial charge in [0.25, 0.3) is 0 Å². The SMILES string of the molecule is CCCCCCCCCCCON1C(C)(C)CC(OC(=O)OC2CC(C)(C)N(OCCCCCCCCCCC)C(C)(C)C2)CC1(C)C.CCCCCCCCOON1C(C)(C)CC(OC(=O)CCCCCCCCC(=O)OC2CC(C)(C)N(C)C(C)(C)C2)CC1(C)C. The van der Waals surface area contributed by atoms with Crippen molar-refractivity contribution < 1.29 is 52.9 Å². The van der Waals surface area contributed by atoms with Gasteiger partial charge in [-0.05, 0) is 150 Å². The molecule has 4 heterocycles. The third-order valence-corrected chi connectivity index (χ3v) is 20.7.